The summed E-state index contributed by atoms with van der Waals surface area (Å²) in [5, 5.41) is 0. The van der Waals surface area contributed by atoms with Crippen molar-refractivity contribution in [2.75, 3.05) is 6.54 Å². The largest absolute Gasteiger partial charge is 0.369 e. The third-order valence-electron chi connectivity index (χ3n) is 3.48. The van der Waals surface area contributed by atoms with Gasteiger partial charge in [0.25, 0.3) is 5.91 Å². The maximum absolute atomic E-state index is 13.0. The minimum atomic E-state index is -0.693. The molecule has 0 radical (unpaired) electrons. The molecule has 1 saturated heterocycles. The molecular weight excluding hydrogens is 249 g/mol. The van der Waals surface area contributed by atoms with E-state index in [0.29, 0.717) is 12.8 Å². The highest BCUT2D eigenvalue weighted by Gasteiger charge is 2.32. The Kier molecular flexibility index (Phi) is 3.78. The zero-order chi connectivity index (χ0) is 14.0. The summed E-state index contributed by atoms with van der Waals surface area (Å²) in [5.41, 5.74) is 5.34. The van der Waals surface area contributed by atoms with E-state index in [2.05, 4.69) is 4.98 Å². The van der Waals surface area contributed by atoms with E-state index in [9.17, 15) is 14.0 Å². The summed E-state index contributed by atoms with van der Waals surface area (Å²) in [4.78, 5) is 28.6. The number of piperidine rings is 1. The van der Waals surface area contributed by atoms with Gasteiger partial charge in [-0.2, -0.15) is 4.39 Å². The van der Waals surface area contributed by atoms with Crippen LogP contribution >= 0.6 is 0 Å². The third kappa shape index (κ3) is 2.89. The van der Waals surface area contributed by atoms with Crippen LogP contribution in [-0.4, -0.2) is 34.3 Å². The maximum atomic E-state index is 13.0. The van der Waals surface area contributed by atoms with Crippen molar-refractivity contribution in [3.8, 4) is 0 Å². The van der Waals surface area contributed by atoms with Gasteiger partial charge in [0.2, 0.25) is 11.9 Å². The molecule has 19 heavy (non-hydrogen) atoms. The number of hydrogen-bond acceptors (Lipinski definition) is 3. The van der Waals surface area contributed by atoms with Gasteiger partial charge in [-0.15, -0.1) is 0 Å². The first-order valence-corrected chi connectivity index (χ1v) is 6.22. The van der Waals surface area contributed by atoms with Crippen LogP contribution in [0, 0.1) is 11.9 Å². The minimum absolute atomic E-state index is 0.00633. The molecule has 102 valence electrons. The van der Waals surface area contributed by atoms with E-state index in [4.69, 9.17) is 5.73 Å². The summed E-state index contributed by atoms with van der Waals surface area (Å²) in [6.07, 6.45) is 1.38. The van der Waals surface area contributed by atoms with Crippen molar-refractivity contribution in [2.45, 2.75) is 25.8 Å². The molecule has 0 aliphatic carbocycles. The van der Waals surface area contributed by atoms with Gasteiger partial charge in [-0.05, 0) is 31.9 Å². The Bertz CT molecular complexity index is 506. The third-order valence-corrected chi connectivity index (χ3v) is 3.48. The molecule has 1 aliphatic heterocycles. The van der Waals surface area contributed by atoms with Gasteiger partial charge in [0, 0.05) is 12.6 Å². The Labute approximate surface area is 110 Å². The molecule has 2 atom stereocenters. The first kappa shape index (κ1) is 13.5. The van der Waals surface area contributed by atoms with Crippen LogP contribution in [0.5, 0.6) is 0 Å². The van der Waals surface area contributed by atoms with Crippen LogP contribution in [0.25, 0.3) is 0 Å². The summed E-state index contributed by atoms with van der Waals surface area (Å²) in [5.74, 6) is -1.80. The molecule has 2 rings (SSSR count). The highest BCUT2D eigenvalue weighted by atomic mass is 19.1. The molecule has 1 fully saturated rings. The lowest BCUT2D eigenvalue weighted by molar-refractivity contribution is -0.123. The maximum Gasteiger partial charge on any atom is 0.272 e. The molecule has 2 N–H and O–H groups in total. The van der Waals surface area contributed by atoms with Crippen molar-refractivity contribution in [1.29, 1.82) is 0 Å². The zero-order valence-corrected chi connectivity index (χ0v) is 10.7. The fourth-order valence-electron chi connectivity index (χ4n) is 2.30. The van der Waals surface area contributed by atoms with Crippen LogP contribution in [0.1, 0.15) is 30.3 Å². The zero-order valence-electron chi connectivity index (χ0n) is 10.7. The molecule has 2 unspecified atom stereocenters. The van der Waals surface area contributed by atoms with E-state index in [-0.39, 0.29) is 30.1 Å². The Morgan fingerprint density at radius 3 is 2.79 bits per heavy atom. The van der Waals surface area contributed by atoms with E-state index in [0.717, 1.165) is 0 Å². The molecule has 0 saturated carbocycles. The summed E-state index contributed by atoms with van der Waals surface area (Å²) in [7, 11) is 0. The van der Waals surface area contributed by atoms with Crippen molar-refractivity contribution < 1.29 is 14.0 Å². The van der Waals surface area contributed by atoms with Crippen molar-refractivity contribution in [2.24, 2.45) is 11.7 Å². The van der Waals surface area contributed by atoms with E-state index < -0.39 is 11.9 Å². The Morgan fingerprint density at radius 1 is 1.42 bits per heavy atom. The highest BCUT2D eigenvalue weighted by molar-refractivity contribution is 5.93. The van der Waals surface area contributed by atoms with Gasteiger partial charge in [-0.1, -0.05) is 6.07 Å². The molecule has 0 spiro atoms. The first-order chi connectivity index (χ1) is 8.99. The smallest absolute Gasteiger partial charge is 0.272 e. The lowest BCUT2D eigenvalue weighted by Crippen LogP contribution is -2.48. The van der Waals surface area contributed by atoms with Gasteiger partial charge in [-0.25, -0.2) is 4.98 Å². The summed E-state index contributed by atoms with van der Waals surface area (Å²) in [6, 6.07) is 4.08. The van der Waals surface area contributed by atoms with Crippen LogP contribution < -0.4 is 5.73 Å². The van der Waals surface area contributed by atoms with E-state index in [1.807, 2.05) is 6.92 Å². The van der Waals surface area contributed by atoms with Crippen LogP contribution in [0.2, 0.25) is 0 Å². The molecule has 1 aromatic rings. The fourth-order valence-corrected chi connectivity index (χ4v) is 2.30. The number of rotatable bonds is 2. The van der Waals surface area contributed by atoms with Crippen molar-refractivity contribution in [3.05, 3.63) is 29.8 Å². The summed E-state index contributed by atoms with van der Waals surface area (Å²) >= 11 is 0. The highest BCUT2D eigenvalue weighted by Crippen LogP contribution is 2.23. The summed E-state index contributed by atoms with van der Waals surface area (Å²) < 4.78 is 13.0. The van der Waals surface area contributed by atoms with Gasteiger partial charge in [0.1, 0.15) is 5.69 Å². The number of aromatic nitrogens is 1. The topological polar surface area (TPSA) is 76.3 Å². The molecule has 1 aliphatic rings. The molecule has 1 aromatic heterocycles. The monoisotopic (exact) mass is 265 g/mol. The number of nitrogens with two attached hydrogens (primary N) is 1. The number of halogens is 1. The van der Waals surface area contributed by atoms with Gasteiger partial charge < -0.3 is 10.6 Å². The van der Waals surface area contributed by atoms with Crippen LogP contribution in [-0.2, 0) is 4.79 Å². The number of amides is 2. The Balaban J connectivity index is 2.19. The normalized spacial score (nSPS) is 23.2. The van der Waals surface area contributed by atoms with Crippen molar-refractivity contribution in [3.63, 3.8) is 0 Å². The summed E-state index contributed by atoms with van der Waals surface area (Å²) in [6.45, 7) is 2.17. The second-order valence-electron chi connectivity index (χ2n) is 4.83. The molecule has 0 aromatic carbocycles. The fraction of sp³-hybridized carbons (Fsp3) is 0.462. The molecule has 5 nitrogen and oxygen atoms in total. The SMILES string of the molecule is CC1CCC(C(N)=O)CN1C(=O)c1cccc(F)n1. The average molecular weight is 265 g/mol. The second-order valence-corrected chi connectivity index (χ2v) is 4.83. The predicted octanol–water partition coefficient (Wildman–Crippen LogP) is 0.947. The lowest BCUT2D eigenvalue weighted by Gasteiger charge is -2.36. The number of primary amides is 1. The number of carbonyl (C=O) groups excluding carboxylic acids is 2. The van der Waals surface area contributed by atoms with Gasteiger partial charge in [-0.3, -0.25) is 9.59 Å². The Morgan fingerprint density at radius 2 is 2.16 bits per heavy atom. The van der Waals surface area contributed by atoms with E-state index in [1.165, 1.54) is 18.2 Å². The number of pyridine rings is 1. The van der Waals surface area contributed by atoms with Crippen LogP contribution in [0.4, 0.5) is 4.39 Å². The first-order valence-electron chi connectivity index (χ1n) is 6.22. The number of carbonyl (C=O) groups is 2. The van der Waals surface area contributed by atoms with Gasteiger partial charge in [0.15, 0.2) is 0 Å². The van der Waals surface area contributed by atoms with Crippen LogP contribution in [0.15, 0.2) is 18.2 Å². The molecule has 6 heteroatoms. The predicted molar refractivity (Wildman–Crippen MR) is 66.6 cm³/mol. The van der Waals surface area contributed by atoms with Gasteiger partial charge in [0.05, 0.1) is 5.92 Å². The van der Waals surface area contributed by atoms with E-state index in [1.54, 1.807) is 4.90 Å². The van der Waals surface area contributed by atoms with Crippen molar-refractivity contribution in [1.82, 2.24) is 9.88 Å². The number of nitrogens with zero attached hydrogens (tertiary/aromatic N) is 2. The van der Waals surface area contributed by atoms with Gasteiger partial charge >= 0.3 is 0 Å². The molecule has 0 bridgehead atoms. The standard InChI is InChI=1S/C13H16FN3O2/c1-8-5-6-9(12(15)18)7-17(8)13(19)10-3-2-4-11(14)16-10/h2-4,8-9H,5-7H2,1H3,(H2,15,18). The number of likely N-dealkylation sites (tertiary alicyclic amines) is 1. The van der Waals surface area contributed by atoms with Crippen molar-refractivity contribution >= 4 is 11.8 Å². The van der Waals surface area contributed by atoms with E-state index >= 15 is 0 Å². The quantitative estimate of drug-likeness (QED) is 0.809. The molecule has 2 heterocycles. The Hall–Kier alpha value is -1.98. The second kappa shape index (κ2) is 5.34. The minimum Gasteiger partial charge on any atom is -0.369 e. The molecule has 2 amide bonds. The average Bonchev–Trinajstić information content (AvgIpc) is 2.38. The number of hydrogen-bond donors (Lipinski definition) is 1. The van der Waals surface area contributed by atoms with Crippen LogP contribution in [0.3, 0.4) is 0 Å². The molecular formula is C13H16FN3O2. The lowest BCUT2D eigenvalue weighted by atomic mass is 9.92.